The van der Waals surface area contributed by atoms with Crippen molar-refractivity contribution in [2.45, 2.75) is 84.6 Å². The van der Waals surface area contributed by atoms with Crippen LogP contribution in [0, 0.1) is 6.92 Å². The largest absolute Gasteiger partial charge is 0.328 e. The van der Waals surface area contributed by atoms with Crippen molar-refractivity contribution in [1.29, 1.82) is 0 Å². The molecule has 130 valence electrons. The van der Waals surface area contributed by atoms with Crippen LogP contribution in [0.1, 0.15) is 77.0 Å². The van der Waals surface area contributed by atoms with Crippen molar-refractivity contribution in [2.75, 3.05) is 0 Å². The zero-order chi connectivity index (χ0) is 15.6. The summed E-state index contributed by atoms with van der Waals surface area (Å²) >= 11 is 0. The van der Waals surface area contributed by atoms with Crippen LogP contribution in [0.5, 0.6) is 0 Å². The highest BCUT2D eigenvalue weighted by Crippen LogP contribution is 2.17. The number of benzene rings is 1. The molecule has 1 heterocycles. The Morgan fingerprint density at radius 1 is 0.826 bits per heavy atom. The van der Waals surface area contributed by atoms with Crippen LogP contribution in [0.4, 0.5) is 0 Å². The lowest BCUT2D eigenvalue weighted by Crippen LogP contribution is -2.00. The van der Waals surface area contributed by atoms with Crippen LogP contribution in [0.2, 0.25) is 0 Å². The molecule has 1 aromatic carbocycles. The molecule has 0 saturated carbocycles. The van der Waals surface area contributed by atoms with Crippen LogP contribution in [0.15, 0.2) is 24.3 Å². The van der Waals surface area contributed by atoms with Crippen molar-refractivity contribution in [1.82, 2.24) is 9.55 Å². The number of aromatic nitrogens is 2. The minimum absolute atomic E-state index is 0. The zero-order valence-electron chi connectivity index (χ0n) is 14.9. The summed E-state index contributed by atoms with van der Waals surface area (Å²) in [7, 11) is 0. The average Bonchev–Trinajstić information content (AvgIpc) is 2.85. The summed E-state index contributed by atoms with van der Waals surface area (Å²) in [4.78, 5) is 4.64. The molecule has 2 rings (SSSR count). The van der Waals surface area contributed by atoms with Gasteiger partial charge in [0.25, 0.3) is 0 Å². The van der Waals surface area contributed by atoms with E-state index in [0.29, 0.717) is 0 Å². The number of imidazole rings is 1. The number of unbranched alkanes of at least 4 members (excludes halogenated alkanes) is 9. The number of fused-ring (bicyclic) bond motifs is 1. The van der Waals surface area contributed by atoms with Gasteiger partial charge in [0, 0.05) is 6.54 Å². The van der Waals surface area contributed by atoms with Gasteiger partial charge in [-0.2, -0.15) is 0 Å². The molecule has 3 heteroatoms. The summed E-state index contributed by atoms with van der Waals surface area (Å²) in [6, 6.07) is 8.47. The maximum Gasteiger partial charge on any atom is 0.106 e. The third-order valence-corrected chi connectivity index (χ3v) is 4.58. The van der Waals surface area contributed by atoms with E-state index in [-0.39, 0.29) is 12.4 Å². The van der Waals surface area contributed by atoms with E-state index in [1.807, 2.05) is 0 Å². The fourth-order valence-electron chi connectivity index (χ4n) is 3.24. The molecule has 0 atom stereocenters. The smallest absolute Gasteiger partial charge is 0.106 e. The van der Waals surface area contributed by atoms with E-state index in [9.17, 15) is 0 Å². The number of para-hydroxylation sites is 2. The van der Waals surface area contributed by atoms with Gasteiger partial charge in [0.15, 0.2) is 0 Å². The molecule has 0 unspecified atom stereocenters. The summed E-state index contributed by atoms with van der Waals surface area (Å²) in [6.07, 6.45) is 13.9. The summed E-state index contributed by atoms with van der Waals surface area (Å²) in [5.41, 5.74) is 2.42. The first-order valence-electron chi connectivity index (χ1n) is 9.25. The Hall–Kier alpha value is -1.02. The second-order valence-electron chi connectivity index (χ2n) is 6.48. The first-order valence-corrected chi connectivity index (χ1v) is 9.25. The van der Waals surface area contributed by atoms with Crippen molar-refractivity contribution >= 4 is 23.4 Å². The summed E-state index contributed by atoms with van der Waals surface area (Å²) in [5.74, 6) is 1.15. The van der Waals surface area contributed by atoms with Crippen molar-refractivity contribution in [3.8, 4) is 0 Å². The Morgan fingerprint density at radius 3 is 2.04 bits per heavy atom. The molecule has 0 fully saturated rings. The quantitative estimate of drug-likeness (QED) is 0.418. The Kier molecular flexibility index (Phi) is 10.0. The van der Waals surface area contributed by atoms with Gasteiger partial charge in [-0.05, 0) is 25.5 Å². The van der Waals surface area contributed by atoms with Crippen LogP contribution in [0.25, 0.3) is 11.0 Å². The molecule has 0 aliphatic rings. The van der Waals surface area contributed by atoms with Crippen LogP contribution >= 0.6 is 12.4 Å². The summed E-state index contributed by atoms with van der Waals surface area (Å²) < 4.78 is 2.38. The van der Waals surface area contributed by atoms with Crippen molar-refractivity contribution in [3.05, 3.63) is 30.1 Å². The van der Waals surface area contributed by atoms with E-state index in [2.05, 4.69) is 47.7 Å². The van der Waals surface area contributed by atoms with Gasteiger partial charge in [-0.3, -0.25) is 0 Å². The number of nitrogens with zero attached hydrogens (tertiary/aromatic N) is 2. The average molecular weight is 337 g/mol. The third-order valence-electron chi connectivity index (χ3n) is 4.58. The van der Waals surface area contributed by atoms with E-state index in [0.717, 1.165) is 17.9 Å². The monoisotopic (exact) mass is 336 g/mol. The Labute approximate surface area is 148 Å². The maximum atomic E-state index is 4.64. The molecule has 2 nitrogen and oxygen atoms in total. The lowest BCUT2D eigenvalue weighted by Gasteiger charge is -2.07. The van der Waals surface area contributed by atoms with Crippen LogP contribution < -0.4 is 0 Å². The van der Waals surface area contributed by atoms with Crippen molar-refractivity contribution in [3.63, 3.8) is 0 Å². The van der Waals surface area contributed by atoms with Gasteiger partial charge < -0.3 is 4.57 Å². The van der Waals surface area contributed by atoms with E-state index in [1.54, 1.807) is 0 Å². The minimum Gasteiger partial charge on any atom is -0.328 e. The normalized spacial score (nSPS) is 10.9. The highest BCUT2D eigenvalue weighted by Gasteiger charge is 2.05. The fourth-order valence-corrected chi connectivity index (χ4v) is 3.24. The van der Waals surface area contributed by atoms with Crippen molar-refractivity contribution in [2.24, 2.45) is 0 Å². The molecule has 0 aliphatic heterocycles. The van der Waals surface area contributed by atoms with Gasteiger partial charge in [-0.25, -0.2) is 4.98 Å². The van der Waals surface area contributed by atoms with E-state index >= 15 is 0 Å². The second kappa shape index (κ2) is 11.5. The summed E-state index contributed by atoms with van der Waals surface area (Å²) in [6.45, 7) is 5.52. The Balaban J connectivity index is 0.00000264. The molecule has 0 amide bonds. The number of rotatable bonds is 11. The summed E-state index contributed by atoms with van der Waals surface area (Å²) in [5, 5.41) is 0. The highest BCUT2D eigenvalue weighted by atomic mass is 35.5. The topological polar surface area (TPSA) is 17.8 Å². The molecule has 23 heavy (non-hydrogen) atoms. The lowest BCUT2D eigenvalue weighted by atomic mass is 10.1. The van der Waals surface area contributed by atoms with E-state index in [1.165, 1.54) is 69.7 Å². The molecule has 2 aromatic rings. The molecule has 0 bridgehead atoms. The van der Waals surface area contributed by atoms with Crippen LogP contribution in [0.3, 0.4) is 0 Å². The van der Waals surface area contributed by atoms with Gasteiger partial charge in [-0.1, -0.05) is 76.8 Å². The highest BCUT2D eigenvalue weighted by molar-refractivity contribution is 5.85. The number of halogens is 1. The molecule has 1 aromatic heterocycles. The predicted octanol–water partition coefficient (Wildman–Crippen LogP) is 6.69. The molecular formula is C20H33ClN2. The number of hydrogen-bond acceptors (Lipinski definition) is 1. The van der Waals surface area contributed by atoms with Gasteiger partial charge >= 0.3 is 0 Å². The molecule has 0 N–H and O–H groups in total. The van der Waals surface area contributed by atoms with E-state index < -0.39 is 0 Å². The van der Waals surface area contributed by atoms with Crippen LogP contribution in [-0.4, -0.2) is 9.55 Å². The number of hydrogen-bond donors (Lipinski definition) is 0. The van der Waals surface area contributed by atoms with Gasteiger partial charge in [0.1, 0.15) is 5.82 Å². The zero-order valence-corrected chi connectivity index (χ0v) is 15.7. The number of aryl methyl sites for hydroxylation is 2. The second-order valence-corrected chi connectivity index (χ2v) is 6.48. The van der Waals surface area contributed by atoms with Gasteiger partial charge in [0.2, 0.25) is 0 Å². The standard InChI is InChI=1S/C20H32N2.ClH/c1-3-4-5-6-7-8-9-10-11-14-17-22-18(2)21-19-15-12-13-16-20(19)22;/h12-13,15-16H,3-11,14,17H2,1-2H3;1H. The van der Waals surface area contributed by atoms with E-state index in [4.69, 9.17) is 0 Å². The van der Waals surface area contributed by atoms with Crippen LogP contribution in [-0.2, 0) is 6.54 Å². The molecule has 0 saturated heterocycles. The Bertz CT molecular complexity index is 548. The first kappa shape index (κ1) is 20.0. The minimum atomic E-state index is 0. The van der Waals surface area contributed by atoms with Crippen molar-refractivity contribution < 1.29 is 0 Å². The molecule has 0 radical (unpaired) electrons. The molecule has 0 spiro atoms. The lowest BCUT2D eigenvalue weighted by molar-refractivity contribution is 0.535. The molecule has 0 aliphatic carbocycles. The first-order chi connectivity index (χ1) is 10.8. The van der Waals surface area contributed by atoms with Gasteiger partial charge in [0.05, 0.1) is 11.0 Å². The molecular weight excluding hydrogens is 304 g/mol. The fraction of sp³-hybridized carbons (Fsp3) is 0.650. The predicted molar refractivity (Wildman–Crippen MR) is 104 cm³/mol. The maximum absolute atomic E-state index is 4.64. The third kappa shape index (κ3) is 6.55. The van der Waals surface area contributed by atoms with Gasteiger partial charge in [-0.15, -0.1) is 12.4 Å². The SMILES string of the molecule is CCCCCCCCCCCCn1c(C)nc2ccccc21.Cl. The Morgan fingerprint density at radius 2 is 1.39 bits per heavy atom.